The number of benzene rings is 1. The van der Waals surface area contributed by atoms with Gasteiger partial charge in [-0.1, -0.05) is 18.0 Å². The van der Waals surface area contributed by atoms with Crippen molar-refractivity contribution in [3.05, 3.63) is 29.3 Å². The van der Waals surface area contributed by atoms with Crippen molar-refractivity contribution in [1.29, 1.82) is 0 Å². The van der Waals surface area contributed by atoms with E-state index in [4.69, 9.17) is 16.3 Å². The van der Waals surface area contributed by atoms with E-state index in [1.807, 2.05) is 0 Å². The minimum atomic E-state index is -0.0415. The zero-order valence-corrected chi connectivity index (χ0v) is 13.1. The maximum Gasteiger partial charge on any atom is 0.258 e. The van der Waals surface area contributed by atoms with Crippen LogP contribution in [-0.4, -0.2) is 18.6 Å². The largest absolute Gasteiger partial charge is 0.484 e. The molecule has 2 bridgehead atoms. The summed E-state index contributed by atoms with van der Waals surface area (Å²) in [5.41, 5.74) is 0. The van der Waals surface area contributed by atoms with Crippen LogP contribution in [0.3, 0.4) is 0 Å². The summed E-state index contributed by atoms with van der Waals surface area (Å²) in [6.07, 6.45) is 5.38. The number of nitrogens with one attached hydrogen (secondary N) is 1. The molecule has 0 radical (unpaired) electrons. The second kappa shape index (κ2) is 6.27. The smallest absolute Gasteiger partial charge is 0.258 e. The molecule has 21 heavy (non-hydrogen) atoms. The molecule has 0 aromatic heterocycles. The second-order valence-electron chi connectivity index (χ2n) is 6.44. The Morgan fingerprint density at radius 1 is 1.33 bits per heavy atom. The fourth-order valence-corrected chi connectivity index (χ4v) is 4.11. The maximum absolute atomic E-state index is 12.0. The van der Waals surface area contributed by atoms with E-state index in [9.17, 15) is 4.79 Å². The number of hydrogen-bond acceptors (Lipinski definition) is 2. The molecule has 2 aliphatic carbocycles. The van der Waals surface area contributed by atoms with Gasteiger partial charge in [0.2, 0.25) is 0 Å². The number of rotatable bonds is 5. The van der Waals surface area contributed by atoms with Crippen molar-refractivity contribution in [2.24, 2.45) is 17.8 Å². The van der Waals surface area contributed by atoms with Gasteiger partial charge in [0, 0.05) is 11.1 Å². The van der Waals surface area contributed by atoms with Crippen molar-refractivity contribution in [1.82, 2.24) is 5.32 Å². The lowest BCUT2D eigenvalue weighted by molar-refractivity contribution is -0.124. The van der Waals surface area contributed by atoms with Gasteiger partial charge in [-0.25, -0.2) is 0 Å². The highest BCUT2D eigenvalue weighted by Gasteiger charge is 2.42. The summed E-state index contributed by atoms with van der Waals surface area (Å²) in [4.78, 5) is 12.0. The normalized spacial score (nSPS) is 28.4. The molecule has 0 heterocycles. The lowest BCUT2D eigenvalue weighted by Crippen LogP contribution is -2.42. The van der Waals surface area contributed by atoms with Gasteiger partial charge in [-0.15, -0.1) is 0 Å². The molecular formula is C17H22ClNO2. The van der Waals surface area contributed by atoms with Gasteiger partial charge < -0.3 is 10.1 Å². The van der Waals surface area contributed by atoms with Crippen LogP contribution in [0.25, 0.3) is 0 Å². The second-order valence-corrected chi connectivity index (χ2v) is 6.87. The molecule has 114 valence electrons. The molecule has 4 unspecified atom stereocenters. The fraction of sp³-hybridized carbons (Fsp3) is 0.588. The third-order valence-electron chi connectivity index (χ3n) is 5.01. The van der Waals surface area contributed by atoms with E-state index in [2.05, 4.69) is 12.2 Å². The van der Waals surface area contributed by atoms with Gasteiger partial charge in [-0.2, -0.15) is 0 Å². The Balaban J connectivity index is 1.44. The number of hydrogen-bond donors (Lipinski definition) is 1. The van der Waals surface area contributed by atoms with Gasteiger partial charge in [0.25, 0.3) is 5.91 Å². The number of ether oxygens (including phenoxy) is 1. The molecule has 1 N–H and O–H groups in total. The summed E-state index contributed by atoms with van der Waals surface area (Å²) in [5.74, 6) is 3.01. The van der Waals surface area contributed by atoms with Crippen molar-refractivity contribution in [3.8, 4) is 5.75 Å². The molecular weight excluding hydrogens is 286 g/mol. The van der Waals surface area contributed by atoms with Gasteiger partial charge >= 0.3 is 0 Å². The summed E-state index contributed by atoms with van der Waals surface area (Å²) in [5, 5.41) is 3.76. The zero-order valence-electron chi connectivity index (χ0n) is 12.3. The van der Waals surface area contributed by atoms with Crippen LogP contribution in [-0.2, 0) is 4.79 Å². The Hall–Kier alpha value is -1.22. The topological polar surface area (TPSA) is 38.3 Å². The van der Waals surface area contributed by atoms with Crippen LogP contribution in [0.5, 0.6) is 5.75 Å². The summed E-state index contributed by atoms with van der Waals surface area (Å²) >= 11 is 5.81. The highest BCUT2D eigenvalue weighted by atomic mass is 35.5. The van der Waals surface area contributed by atoms with Gasteiger partial charge in [0.15, 0.2) is 6.61 Å². The van der Waals surface area contributed by atoms with E-state index in [0.29, 0.717) is 16.7 Å². The molecule has 4 heteroatoms. The van der Waals surface area contributed by atoms with Crippen LogP contribution >= 0.6 is 11.6 Å². The van der Waals surface area contributed by atoms with E-state index < -0.39 is 0 Å². The molecule has 3 rings (SSSR count). The van der Waals surface area contributed by atoms with E-state index in [1.54, 1.807) is 24.3 Å². The Kier molecular flexibility index (Phi) is 4.39. The predicted octanol–water partition coefficient (Wildman–Crippen LogP) is 3.66. The van der Waals surface area contributed by atoms with E-state index in [-0.39, 0.29) is 18.6 Å². The molecule has 1 aromatic carbocycles. The zero-order chi connectivity index (χ0) is 14.8. The number of fused-ring (bicyclic) bond motifs is 2. The van der Waals surface area contributed by atoms with Crippen molar-refractivity contribution < 1.29 is 9.53 Å². The first-order valence-corrected chi connectivity index (χ1v) is 8.17. The van der Waals surface area contributed by atoms with Gasteiger partial charge in [0.05, 0.1) is 0 Å². The van der Waals surface area contributed by atoms with Crippen LogP contribution < -0.4 is 10.1 Å². The number of halogens is 1. The van der Waals surface area contributed by atoms with E-state index in [0.717, 1.165) is 11.8 Å². The predicted molar refractivity (Wildman–Crippen MR) is 83.5 cm³/mol. The number of carbonyl (C=O) groups is 1. The summed E-state index contributed by atoms with van der Waals surface area (Å²) in [6, 6.07) is 7.31. The summed E-state index contributed by atoms with van der Waals surface area (Å²) < 4.78 is 5.48. The Morgan fingerprint density at radius 3 is 2.71 bits per heavy atom. The van der Waals surface area contributed by atoms with E-state index >= 15 is 0 Å². The van der Waals surface area contributed by atoms with Gasteiger partial charge in [-0.05, 0) is 68.2 Å². The molecule has 0 saturated heterocycles. The Labute approximate surface area is 131 Å². The molecule has 2 fully saturated rings. The van der Waals surface area contributed by atoms with E-state index in [1.165, 1.54) is 25.7 Å². The molecule has 0 aliphatic heterocycles. The van der Waals surface area contributed by atoms with Crippen molar-refractivity contribution in [2.75, 3.05) is 6.61 Å². The summed E-state index contributed by atoms with van der Waals surface area (Å²) in [7, 11) is 0. The maximum atomic E-state index is 12.0. The van der Waals surface area contributed by atoms with Crippen molar-refractivity contribution in [3.63, 3.8) is 0 Å². The first kappa shape index (κ1) is 14.7. The molecule has 2 saturated carbocycles. The third-order valence-corrected chi connectivity index (χ3v) is 5.26. The average molecular weight is 308 g/mol. The van der Waals surface area contributed by atoms with Crippen LogP contribution in [0.1, 0.15) is 32.6 Å². The van der Waals surface area contributed by atoms with Crippen LogP contribution in [0, 0.1) is 17.8 Å². The molecule has 3 nitrogen and oxygen atoms in total. The third kappa shape index (κ3) is 3.52. The molecule has 0 spiro atoms. The molecule has 1 amide bonds. The molecule has 4 atom stereocenters. The standard InChI is InChI=1S/C17H22ClNO2/c1-11(16-9-12-2-3-13(16)8-12)19-17(20)10-21-15-6-4-14(18)5-7-15/h4-7,11-13,16H,2-3,8-10H2,1H3,(H,19,20). The minimum absolute atomic E-state index is 0.0415. The molecule has 1 aromatic rings. The monoisotopic (exact) mass is 307 g/mol. The first-order chi connectivity index (χ1) is 10.1. The number of carbonyl (C=O) groups excluding carboxylic acids is 1. The van der Waals surface area contributed by atoms with Crippen molar-refractivity contribution >= 4 is 17.5 Å². The highest BCUT2D eigenvalue weighted by molar-refractivity contribution is 6.30. The van der Waals surface area contributed by atoms with Crippen LogP contribution in [0.4, 0.5) is 0 Å². The highest BCUT2D eigenvalue weighted by Crippen LogP contribution is 2.49. The SMILES string of the molecule is CC(NC(=O)COc1ccc(Cl)cc1)C1CC2CCC1C2. The Morgan fingerprint density at radius 2 is 2.10 bits per heavy atom. The number of amides is 1. The average Bonchev–Trinajstić information content (AvgIpc) is 3.09. The lowest BCUT2D eigenvalue weighted by Gasteiger charge is -2.28. The Bertz CT molecular complexity index is 502. The van der Waals surface area contributed by atoms with Gasteiger partial charge in [0.1, 0.15) is 5.75 Å². The minimum Gasteiger partial charge on any atom is -0.484 e. The van der Waals surface area contributed by atoms with Crippen LogP contribution in [0.2, 0.25) is 5.02 Å². The summed E-state index contributed by atoms with van der Waals surface area (Å²) in [6.45, 7) is 2.19. The fourth-order valence-electron chi connectivity index (χ4n) is 3.99. The molecule has 2 aliphatic rings. The van der Waals surface area contributed by atoms with Gasteiger partial charge in [-0.3, -0.25) is 4.79 Å². The first-order valence-electron chi connectivity index (χ1n) is 7.79. The van der Waals surface area contributed by atoms with Crippen LogP contribution in [0.15, 0.2) is 24.3 Å². The lowest BCUT2D eigenvalue weighted by atomic mass is 9.84. The quantitative estimate of drug-likeness (QED) is 0.901. The van der Waals surface area contributed by atoms with Crippen molar-refractivity contribution in [2.45, 2.75) is 38.6 Å².